The van der Waals surface area contributed by atoms with Gasteiger partial charge in [0.05, 0.1) is 32.7 Å². The van der Waals surface area contributed by atoms with Gasteiger partial charge in [-0.25, -0.2) is 27.0 Å². The second-order valence-corrected chi connectivity index (χ2v) is 11.1. The van der Waals surface area contributed by atoms with Crippen molar-refractivity contribution in [3.05, 3.63) is 42.0 Å². The Bertz CT molecular complexity index is 1380. The number of primary sulfonamides is 1. The minimum atomic E-state index is -3.88. The highest BCUT2D eigenvalue weighted by molar-refractivity contribution is 7.89. The lowest BCUT2D eigenvalue weighted by Gasteiger charge is -2.19. The van der Waals surface area contributed by atoms with E-state index in [1.54, 1.807) is 13.8 Å². The molecular formula is C19H22N4O6S3. The van der Waals surface area contributed by atoms with Crippen LogP contribution in [0.1, 0.15) is 24.2 Å². The summed E-state index contributed by atoms with van der Waals surface area (Å²) in [5.74, 6) is -0.428. The van der Waals surface area contributed by atoms with Crippen molar-refractivity contribution in [2.45, 2.75) is 23.6 Å². The molecule has 10 nitrogen and oxygen atoms in total. The number of hydrogen-bond acceptors (Lipinski definition) is 8. The number of amides is 1. The number of nitrogens with zero attached hydrogens (tertiary/aromatic N) is 2. The van der Waals surface area contributed by atoms with E-state index in [2.05, 4.69) is 10.3 Å². The Balaban J connectivity index is 1.97. The molecule has 0 aliphatic heterocycles. The van der Waals surface area contributed by atoms with E-state index < -0.39 is 26.0 Å². The van der Waals surface area contributed by atoms with Crippen molar-refractivity contribution < 1.29 is 26.4 Å². The van der Waals surface area contributed by atoms with E-state index >= 15 is 0 Å². The van der Waals surface area contributed by atoms with Crippen LogP contribution < -0.4 is 15.2 Å². The smallest absolute Gasteiger partial charge is 0.261 e. The Morgan fingerprint density at radius 3 is 2.34 bits per heavy atom. The zero-order chi connectivity index (χ0) is 23.7. The molecule has 0 radical (unpaired) electrons. The molecule has 3 aromatic rings. The van der Waals surface area contributed by atoms with Gasteiger partial charge >= 0.3 is 0 Å². The summed E-state index contributed by atoms with van der Waals surface area (Å²) in [6, 6.07) is 8.24. The fourth-order valence-corrected chi connectivity index (χ4v) is 6.04. The van der Waals surface area contributed by atoms with Crippen molar-refractivity contribution >= 4 is 52.6 Å². The molecule has 1 aromatic heterocycles. The Hall–Kier alpha value is -2.58. The number of hydrogen-bond donors (Lipinski definition) is 2. The molecule has 2 aromatic carbocycles. The molecule has 0 fully saturated rings. The lowest BCUT2D eigenvalue weighted by atomic mass is 10.2. The number of aromatic nitrogens is 1. The van der Waals surface area contributed by atoms with Crippen molar-refractivity contribution in [2.24, 2.45) is 5.14 Å². The van der Waals surface area contributed by atoms with Crippen LogP contribution in [0.2, 0.25) is 0 Å². The summed E-state index contributed by atoms with van der Waals surface area (Å²) < 4.78 is 55.8. The number of ether oxygens (including phenoxy) is 1. The van der Waals surface area contributed by atoms with E-state index in [1.807, 2.05) is 0 Å². The quantitative estimate of drug-likeness (QED) is 0.484. The second-order valence-electron chi connectivity index (χ2n) is 6.60. The summed E-state index contributed by atoms with van der Waals surface area (Å²) in [6.07, 6.45) is 0. The number of thiazole rings is 1. The minimum Gasteiger partial charge on any atom is -0.496 e. The van der Waals surface area contributed by atoms with Crippen LogP contribution in [0.25, 0.3) is 10.2 Å². The van der Waals surface area contributed by atoms with Crippen LogP contribution >= 0.6 is 11.3 Å². The Labute approximate surface area is 190 Å². The number of fused-ring (bicyclic) bond motifs is 1. The number of nitrogens with one attached hydrogen (secondary N) is 1. The highest BCUT2D eigenvalue weighted by atomic mass is 32.2. The second kappa shape index (κ2) is 9.11. The van der Waals surface area contributed by atoms with E-state index in [0.29, 0.717) is 23.3 Å². The lowest BCUT2D eigenvalue weighted by Crippen LogP contribution is -2.30. The van der Waals surface area contributed by atoms with Gasteiger partial charge in [-0.3, -0.25) is 10.1 Å². The van der Waals surface area contributed by atoms with Crippen LogP contribution in [0.3, 0.4) is 0 Å². The molecule has 0 unspecified atom stereocenters. The van der Waals surface area contributed by atoms with Gasteiger partial charge in [-0.1, -0.05) is 25.2 Å². The van der Waals surface area contributed by atoms with Crippen LogP contribution in [0, 0.1) is 0 Å². The highest BCUT2D eigenvalue weighted by Gasteiger charge is 2.25. The third-order valence-corrected chi connectivity index (χ3v) is 8.56. The molecule has 0 spiro atoms. The summed E-state index contributed by atoms with van der Waals surface area (Å²) in [5.41, 5.74) is 0.493. The number of methoxy groups -OCH3 is 1. The highest BCUT2D eigenvalue weighted by Crippen LogP contribution is 2.30. The number of carbonyl (C=O) groups excluding carboxylic acids is 1. The molecule has 0 saturated heterocycles. The van der Waals surface area contributed by atoms with Crippen molar-refractivity contribution in [1.82, 2.24) is 9.29 Å². The normalized spacial score (nSPS) is 12.3. The van der Waals surface area contributed by atoms with Crippen molar-refractivity contribution in [2.75, 3.05) is 25.5 Å². The third kappa shape index (κ3) is 4.76. The largest absolute Gasteiger partial charge is 0.496 e. The molecule has 3 N–H and O–H groups in total. The van der Waals surface area contributed by atoms with Crippen LogP contribution in [-0.2, 0) is 20.0 Å². The van der Waals surface area contributed by atoms with Gasteiger partial charge in [0, 0.05) is 13.1 Å². The summed E-state index contributed by atoms with van der Waals surface area (Å²) >= 11 is 1.06. The first-order valence-corrected chi connectivity index (χ1v) is 13.2. The monoisotopic (exact) mass is 498 g/mol. The molecule has 0 aliphatic carbocycles. The van der Waals surface area contributed by atoms with Crippen molar-refractivity contribution in [3.63, 3.8) is 0 Å². The molecule has 0 bridgehead atoms. The number of anilines is 1. The molecule has 1 heterocycles. The van der Waals surface area contributed by atoms with Crippen molar-refractivity contribution in [3.8, 4) is 5.75 Å². The predicted octanol–water partition coefficient (Wildman–Crippen LogP) is 2.24. The maximum absolute atomic E-state index is 12.9. The Morgan fingerprint density at radius 1 is 1.09 bits per heavy atom. The molecule has 3 rings (SSSR count). The third-order valence-electron chi connectivity index (χ3n) is 4.67. The van der Waals surface area contributed by atoms with E-state index in [4.69, 9.17) is 9.88 Å². The summed E-state index contributed by atoms with van der Waals surface area (Å²) in [7, 11) is -6.28. The topological polar surface area (TPSA) is 149 Å². The average Bonchev–Trinajstić information content (AvgIpc) is 3.14. The van der Waals surface area contributed by atoms with Gasteiger partial charge in [-0.15, -0.1) is 0 Å². The van der Waals surface area contributed by atoms with Crippen molar-refractivity contribution in [1.29, 1.82) is 0 Å². The molecule has 0 atom stereocenters. The number of carbonyl (C=O) groups is 1. The van der Waals surface area contributed by atoms with Crippen LogP contribution in [0.15, 0.2) is 46.2 Å². The number of rotatable bonds is 8. The summed E-state index contributed by atoms with van der Waals surface area (Å²) in [5, 5.41) is 7.97. The molecule has 1 amide bonds. The first kappa shape index (κ1) is 24.1. The summed E-state index contributed by atoms with van der Waals surface area (Å²) in [6.45, 7) is 4.04. The van der Waals surface area contributed by atoms with E-state index in [1.165, 1.54) is 47.8 Å². The lowest BCUT2D eigenvalue weighted by molar-refractivity contribution is 0.102. The van der Waals surface area contributed by atoms with E-state index in [-0.39, 0.29) is 26.2 Å². The average molecular weight is 499 g/mol. The minimum absolute atomic E-state index is 0.0187. The fourth-order valence-electron chi connectivity index (χ4n) is 3.04. The van der Waals surface area contributed by atoms with Gasteiger partial charge in [0.1, 0.15) is 5.75 Å². The number of benzene rings is 2. The number of nitrogens with two attached hydrogens (primary N) is 1. The maximum atomic E-state index is 12.9. The van der Waals surface area contributed by atoms with Gasteiger partial charge < -0.3 is 4.74 Å². The van der Waals surface area contributed by atoms with E-state index in [9.17, 15) is 21.6 Å². The summed E-state index contributed by atoms with van der Waals surface area (Å²) in [4.78, 5) is 17.1. The zero-order valence-corrected chi connectivity index (χ0v) is 20.0. The first-order chi connectivity index (χ1) is 15.0. The Kier molecular flexibility index (Phi) is 6.86. The predicted molar refractivity (Wildman–Crippen MR) is 122 cm³/mol. The fraction of sp³-hybridized carbons (Fsp3) is 0.263. The van der Waals surface area contributed by atoms with Gasteiger partial charge in [0.2, 0.25) is 20.0 Å². The van der Waals surface area contributed by atoms with Crippen LogP contribution in [0.5, 0.6) is 5.75 Å². The zero-order valence-electron chi connectivity index (χ0n) is 17.5. The first-order valence-electron chi connectivity index (χ1n) is 9.44. The van der Waals surface area contributed by atoms with Gasteiger partial charge in [-0.05, 0) is 36.4 Å². The molecular weight excluding hydrogens is 476 g/mol. The molecule has 13 heteroatoms. The van der Waals surface area contributed by atoms with Gasteiger partial charge in [0.25, 0.3) is 5.91 Å². The van der Waals surface area contributed by atoms with Gasteiger partial charge in [-0.2, -0.15) is 4.31 Å². The molecule has 32 heavy (non-hydrogen) atoms. The van der Waals surface area contributed by atoms with E-state index in [0.717, 1.165) is 11.3 Å². The van der Waals surface area contributed by atoms with Gasteiger partial charge in [0.15, 0.2) is 5.13 Å². The van der Waals surface area contributed by atoms with Crippen LogP contribution in [0.4, 0.5) is 5.13 Å². The Morgan fingerprint density at radius 2 is 1.75 bits per heavy atom. The SMILES string of the molecule is CCN(CC)S(=O)(=O)c1ccc(OC)c(C(=O)Nc2nc3ccc(S(N)(=O)=O)cc3s2)c1. The molecule has 0 saturated carbocycles. The molecule has 0 aliphatic rings. The number of sulfonamides is 2. The maximum Gasteiger partial charge on any atom is 0.261 e. The standard InChI is InChI=1S/C19H22N4O6S3/c1-4-23(5-2)32(27,28)13-7-9-16(29-3)14(10-13)18(24)22-19-21-15-8-6-12(31(20,25)26)11-17(15)30-19/h6-11H,4-5H2,1-3H3,(H2,20,25,26)(H,21,22,24). The van der Waals surface area contributed by atoms with Crippen LogP contribution in [-0.4, -0.2) is 52.2 Å². The molecule has 172 valence electrons.